The molecule has 3 atom stereocenters. The van der Waals surface area contributed by atoms with Crippen molar-refractivity contribution in [3.8, 4) is 23.0 Å². The third-order valence-electron chi connectivity index (χ3n) is 9.59. The molecule has 2 aromatic carbocycles. The summed E-state index contributed by atoms with van der Waals surface area (Å²) in [6.07, 6.45) is 5.35. The second-order valence-electron chi connectivity index (χ2n) is 12.5. The van der Waals surface area contributed by atoms with Crippen LogP contribution in [0.1, 0.15) is 51.5 Å². The molecule has 1 N–H and O–H groups in total. The van der Waals surface area contributed by atoms with Crippen molar-refractivity contribution in [3.05, 3.63) is 47.7 Å². The number of hydrogen-bond acceptors (Lipinski definition) is 7. The maximum absolute atomic E-state index is 16.7. The number of alkyl halides is 1. The largest absolute Gasteiger partial charge is 0.508 e. The molecule has 5 heterocycles. The lowest BCUT2D eigenvalue weighted by Gasteiger charge is -2.33. The number of fused-ring (bicyclic) bond motifs is 3. The molecular formula is C33H36F3N5O2. The fourth-order valence-electron chi connectivity index (χ4n) is 7.58. The average molecular weight is 592 g/mol. The molecule has 3 aliphatic heterocycles. The van der Waals surface area contributed by atoms with E-state index in [-0.39, 0.29) is 29.6 Å². The minimum absolute atomic E-state index is 0.0343. The summed E-state index contributed by atoms with van der Waals surface area (Å²) in [5, 5.41) is 12.1. The first-order valence-corrected chi connectivity index (χ1v) is 15.3. The molecule has 3 saturated heterocycles. The predicted molar refractivity (Wildman–Crippen MR) is 160 cm³/mol. The Bertz CT molecular complexity index is 1720. The second-order valence-corrected chi connectivity index (χ2v) is 12.5. The highest BCUT2D eigenvalue weighted by Gasteiger charge is 2.49. The number of ether oxygens (including phenoxy) is 1. The van der Waals surface area contributed by atoms with E-state index in [0.717, 1.165) is 45.3 Å². The molecule has 7 nitrogen and oxygen atoms in total. The molecule has 0 bridgehead atoms. The highest BCUT2D eigenvalue weighted by atomic mass is 19.1. The van der Waals surface area contributed by atoms with E-state index in [4.69, 9.17) is 9.72 Å². The highest BCUT2D eigenvalue weighted by molar-refractivity contribution is 6.01. The third kappa shape index (κ3) is 4.83. The van der Waals surface area contributed by atoms with Crippen molar-refractivity contribution >= 4 is 27.5 Å². The lowest BCUT2D eigenvalue weighted by atomic mass is 9.94. The van der Waals surface area contributed by atoms with Gasteiger partial charge in [-0.25, -0.2) is 13.2 Å². The van der Waals surface area contributed by atoms with Gasteiger partial charge in [0, 0.05) is 37.8 Å². The maximum atomic E-state index is 16.7. The Morgan fingerprint density at radius 3 is 2.79 bits per heavy atom. The first kappa shape index (κ1) is 28.1. The number of phenolic OH excluding ortho intramolecular Hbond substituents is 1. The zero-order valence-corrected chi connectivity index (χ0v) is 24.5. The summed E-state index contributed by atoms with van der Waals surface area (Å²) in [4.78, 5) is 18.2. The monoisotopic (exact) mass is 591 g/mol. The molecule has 0 spiro atoms. The summed E-state index contributed by atoms with van der Waals surface area (Å²) in [6, 6.07) is 5.94. The lowest BCUT2D eigenvalue weighted by molar-refractivity contribution is 0.107. The molecule has 10 heteroatoms. The molecule has 4 aromatic rings. The minimum Gasteiger partial charge on any atom is -0.508 e. The van der Waals surface area contributed by atoms with E-state index in [1.807, 2.05) is 6.92 Å². The Balaban J connectivity index is 1.37. The van der Waals surface area contributed by atoms with E-state index in [0.29, 0.717) is 58.4 Å². The van der Waals surface area contributed by atoms with Gasteiger partial charge in [0.05, 0.1) is 10.9 Å². The van der Waals surface area contributed by atoms with Crippen LogP contribution >= 0.6 is 0 Å². The van der Waals surface area contributed by atoms with Gasteiger partial charge in [0.1, 0.15) is 41.4 Å². The first-order chi connectivity index (χ1) is 20.8. The zero-order chi connectivity index (χ0) is 29.9. The number of aromatic hydroxyl groups is 1. The van der Waals surface area contributed by atoms with E-state index in [1.54, 1.807) is 12.3 Å². The number of benzene rings is 2. The lowest BCUT2D eigenvalue weighted by Crippen LogP contribution is -2.43. The molecule has 226 valence electrons. The number of aryl methyl sites for hydroxylation is 1. The van der Waals surface area contributed by atoms with Crippen molar-refractivity contribution in [3.63, 3.8) is 0 Å². The Morgan fingerprint density at radius 1 is 1.12 bits per heavy atom. The third-order valence-corrected chi connectivity index (χ3v) is 9.59. The van der Waals surface area contributed by atoms with Gasteiger partial charge < -0.3 is 14.7 Å². The fraction of sp³-hybridized carbons (Fsp3) is 0.485. The molecule has 0 radical (unpaired) electrons. The van der Waals surface area contributed by atoms with E-state index in [9.17, 15) is 13.9 Å². The molecule has 2 aromatic heterocycles. The number of phenols is 1. The van der Waals surface area contributed by atoms with E-state index < -0.39 is 23.3 Å². The Morgan fingerprint density at radius 2 is 1.98 bits per heavy atom. The second kappa shape index (κ2) is 10.8. The Kier molecular flexibility index (Phi) is 7.07. The van der Waals surface area contributed by atoms with Crippen molar-refractivity contribution in [2.24, 2.45) is 5.92 Å². The summed E-state index contributed by atoms with van der Waals surface area (Å²) in [5.74, 6) is -0.173. The molecule has 0 saturated carbocycles. The van der Waals surface area contributed by atoms with Crippen LogP contribution in [0.15, 0.2) is 30.5 Å². The van der Waals surface area contributed by atoms with Gasteiger partial charge in [-0.2, -0.15) is 9.97 Å². The van der Waals surface area contributed by atoms with Crippen LogP contribution in [0.4, 0.5) is 19.0 Å². The van der Waals surface area contributed by atoms with Crippen LogP contribution in [-0.4, -0.2) is 69.5 Å². The quantitative estimate of drug-likeness (QED) is 0.271. The van der Waals surface area contributed by atoms with Gasteiger partial charge >= 0.3 is 6.01 Å². The number of anilines is 1. The van der Waals surface area contributed by atoms with Crippen molar-refractivity contribution in [1.29, 1.82) is 0 Å². The summed E-state index contributed by atoms with van der Waals surface area (Å²) in [5.41, 5.74) is 0.324. The zero-order valence-electron chi connectivity index (χ0n) is 24.5. The van der Waals surface area contributed by atoms with E-state index >= 15 is 4.39 Å². The Labute approximate surface area is 248 Å². The number of nitrogens with zero attached hydrogens (tertiary/aromatic N) is 5. The van der Waals surface area contributed by atoms with Crippen LogP contribution in [0, 0.1) is 17.6 Å². The number of hydrogen-bond donors (Lipinski definition) is 1. The number of aromatic nitrogens is 3. The number of pyridine rings is 1. The SMILES string of the molecule is CCc1c(F)ccc2cc(O)cc(-c3ncc4c(N5CCC[C@H](C)C5)nc(OC[C@@]56CCCN5C[C@H](F)C6)nc4c3F)c12. The number of halogens is 3. The van der Waals surface area contributed by atoms with Crippen LogP contribution in [0.5, 0.6) is 11.8 Å². The van der Waals surface area contributed by atoms with E-state index in [1.165, 1.54) is 18.2 Å². The molecule has 3 fully saturated rings. The van der Waals surface area contributed by atoms with Gasteiger partial charge in [0.2, 0.25) is 0 Å². The summed E-state index contributed by atoms with van der Waals surface area (Å²) >= 11 is 0. The van der Waals surface area contributed by atoms with Crippen molar-refractivity contribution in [1.82, 2.24) is 19.9 Å². The van der Waals surface area contributed by atoms with Crippen molar-refractivity contribution in [2.45, 2.75) is 64.1 Å². The van der Waals surface area contributed by atoms with E-state index in [2.05, 4.69) is 26.7 Å². The van der Waals surface area contributed by atoms with Crippen LogP contribution in [0.3, 0.4) is 0 Å². The van der Waals surface area contributed by atoms with Crippen molar-refractivity contribution in [2.75, 3.05) is 37.7 Å². The van der Waals surface area contributed by atoms with Crippen molar-refractivity contribution < 1.29 is 23.0 Å². The summed E-state index contributed by atoms with van der Waals surface area (Å²) < 4.78 is 52.2. The first-order valence-electron chi connectivity index (χ1n) is 15.3. The maximum Gasteiger partial charge on any atom is 0.319 e. The van der Waals surface area contributed by atoms with Gasteiger partial charge in [-0.1, -0.05) is 19.9 Å². The summed E-state index contributed by atoms with van der Waals surface area (Å²) in [6.45, 7) is 7.00. The molecule has 0 aliphatic carbocycles. The molecule has 43 heavy (non-hydrogen) atoms. The van der Waals surface area contributed by atoms with Gasteiger partial charge in [-0.05, 0) is 79.1 Å². The standard InChI is InChI=1S/C33H36F3N5O2/c1-3-23-26(35)8-7-20-12-22(42)13-24(27(20)23)29-28(36)30-25(15-37-29)31(40-10-4-6-19(2)16-40)39-32(38-30)43-18-33-9-5-11-41(33)17-21(34)14-33/h7-8,12-13,15,19,21,42H,3-6,9-11,14,16-18H2,1-2H3/t19-,21+,33-/m0/s1. The van der Waals surface area contributed by atoms with Gasteiger partial charge in [0.25, 0.3) is 0 Å². The molecule has 3 aliphatic rings. The molecular weight excluding hydrogens is 555 g/mol. The molecule has 0 amide bonds. The van der Waals surface area contributed by atoms with Crippen LogP contribution in [-0.2, 0) is 6.42 Å². The number of rotatable bonds is 6. The molecule has 0 unspecified atom stereocenters. The van der Waals surface area contributed by atoms with Gasteiger partial charge in [0.15, 0.2) is 5.82 Å². The predicted octanol–water partition coefficient (Wildman–Crippen LogP) is 6.58. The number of piperidine rings is 1. The fourth-order valence-corrected chi connectivity index (χ4v) is 7.58. The van der Waals surface area contributed by atoms with Crippen LogP contribution < -0.4 is 9.64 Å². The minimum atomic E-state index is -0.896. The topological polar surface area (TPSA) is 74.6 Å². The Hall–Kier alpha value is -3.66. The summed E-state index contributed by atoms with van der Waals surface area (Å²) in [7, 11) is 0. The van der Waals surface area contributed by atoms with Gasteiger partial charge in [-0.3, -0.25) is 9.88 Å². The highest BCUT2D eigenvalue weighted by Crippen LogP contribution is 2.42. The smallest absolute Gasteiger partial charge is 0.319 e. The average Bonchev–Trinajstić information content (AvgIpc) is 3.51. The normalized spacial score (nSPS) is 24.3. The van der Waals surface area contributed by atoms with Gasteiger partial charge in [-0.15, -0.1) is 0 Å². The van der Waals surface area contributed by atoms with Crippen LogP contribution in [0.2, 0.25) is 0 Å². The molecule has 7 rings (SSSR count). The van der Waals surface area contributed by atoms with Crippen LogP contribution in [0.25, 0.3) is 32.9 Å².